The van der Waals surface area contributed by atoms with E-state index in [9.17, 15) is 0 Å². The summed E-state index contributed by atoms with van der Waals surface area (Å²) >= 11 is 0. The zero-order valence-electron chi connectivity index (χ0n) is 13.4. The number of piperazine rings is 1. The highest BCUT2D eigenvalue weighted by Crippen LogP contribution is 2.13. The second-order valence-electron chi connectivity index (χ2n) is 5.82. The number of nitrogens with zero attached hydrogens (tertiary/aromatic N) is 7. The van der Waals surface area contributed by atoms with Crippen LogP contribution in [-0.4, -0.2) is 62.9 Å². The SMILES string of the molecule is C(=C\c1ccccc1)/CN1CCN(c2ccc3nnnn3n2)CC1. The summed E-state index contributed by atoms with van der Waals surface area (Å²) in [6.45, 7) is 4.94. The van der Waals surface area contributed by atoms with Gasteiger partial charge in [-0.15, -0.1) is 14.8 Å². The Morgan fingerprint density at radius 1 is 0.958 bits per heavy atom. The lowest BCUT2D eigenvalue weighted by Crippen LogP contribution is -2.46. The molecule has 24 heavy (non-hydrogen) atoms. The first kappa shape index (κ1) is 14.8. The quantitative estimate of drug-likeness (QED) is 0.723. The third-order valence-electron chi connectivity index (χ3n) is 4.23. The zero-order valence-corrected chi connectivity index (χ0v) is 13.4. The number of hydrogen-bond acceptors (Lipinski definition) is 6. The Hall–Kier alpha value is -2.80. The Morgan fingerprint density at radius 2 is 1.79 bits per heavy atom. The number of hydrogen-bond donors (Lipinski definition) is 0. The minimum atomic E-state index is 0.670. The summed E-state index contributed by atoms with van der Waals surface area (Å²) in [6, 6.07) is 14.3. The van der Waals surface area contributed by atoms with Crippen LogP contribution < -0.4 is 4.90 Å². The molecular weight excluding hydrogens is 302 g/mol. The molecule has 0 unspecified atom stereocenters. The van der Waals surface area contributed by atoms with Gasteiger partial charge in [0, 0.05) is 32.7 Å². The molecule has 0 N–H and O–H groups in total. The Balaban J connectivity index is 1.32. The maximum Gasteiger partial charge on any atom is 0.200 e. The Bertz CT molecular complexity index is 819. The van der Waals surface area contributed by atoms with Crippen molar-refractivity contribution in [1.82, 2.24) is 30.2 Å². The second-order valence-corrected chi connectivity index (χ2v) is 5.82. The second kappa shape index (κ2) is 6.76. The third kappa shape index (κ3) is 3.26. The fourth-order valence-electron chi connectivity index (χ4n) is 2.87. The lowest BCUT2D eigenvalue weighted by atomic mass is 10.2. The monoisotopic (exact) mass is 321 g/mol. The molecule has 1 aliphatic rings. The van der Waals surface area contributed by atoms with Gasteiger partial charge in [0.1, 0.15) is 0 Å². The molecule has 1 fully saturated rings. The zero-order chi connectivity index (χ0) is 16.2. The van der Waals surface area contributed by atoms with Gasteiger partial charge in [0.25, 0.3) is 0 Å². The van der Waals surface area contributed by atoms with Gasteiger partial charge in [-0.3, -0.25) is 4.90 Å². The molecule has 3 heterocycles. The Kier molecular flexibility index (Phi) is 4.16. The van der Waals surface area contributed by atoms with Gasteiger partial charge in [-0.05, 0) is 28.1 Å². The van der Waals surface area contributed by atoms with Crippen LogP contribution in [0.4, 0.5) is 5.82 Å². The van der Waals surface area contributed by atoms with Crippen LogP contribution in [0.3, 0.4) is 0 Å². The van der Waals surface area contributed by atoms with Gasteiger partial charge < -0.3 is 4.90 Å². The number of fused-ring (bicyclic) bond motifs is 1. The maximum atomic E-state index is 4.46. The molecule has 0 spiro atoms. The van der Waals surface area contributed by atoms with E-state index in [1.807, 2.05) is 18.2 Å². The molecule has 2 aromatic heterocycles. The summed E-state index contributed by atoms with van der Waals surface area (Å²) in [5.41, 5.74) is 1.92. The highest BCUT2D eigenvalue weighted by atomic mass is 15.6. The van der Waals surface area contributed by atoms with E-state index >= 15 is 0 Å². The van der Waals surface area contributed by atoms with Crippen molar-refractivity contribution in [2.75, 3.05) is 37.6 Å². The summed E-state index contributed by atoms with van der Waals surface area (Å²) in [5, 5.41) is 15.8. The minimum absolute atomic E-state index is 0.670. The molecule has 4 rings (SSSR count). The highest BCUT2D eigenvalue weighted by Gasteiger charge is 2.17. The highest BCUT2D eigenvalue weighted by molar-refractivity contribution is 5.49. The standard InChI is InChI=1S/C17H19N7/c1-2-5-15(6-3-1)7-4-10-22-11-13-23(14-12-22)17-9-8-16-18-20-21-24(16)19-17/h1-9H,10-14H2/b7-4+. The molecule has 3 aromatic rings. The molecule has 0 atom stereocenters. The van der Waals surface area contributed by atoms with Gasteiger partial charge in [0.05, 0.1) is 0 Å². The van der Waals surface area contributed by atoms with Crippen LogP contribution in [0.1, 0.15) is 5.56 Å². The fraction of sp³-hybridized carbons (Fsp3) is 0.294. The van der Waals surface area contributed by atoms with E-state index in [1.165, 1.54) is 10.2 Å². The van der Waals surface area contributed by atoms with Crippen LogP contribution in [0.15, 0.2) is 48.5 Å². The predicted octanol–water partition coefficient (Wildman–Crippen LogP) is 1.35. The first-order valence-corrected chi connectivity index (χ1v) is 8.13. The summed E-state index contributed by atoms with van der Waals surface area (Å²) < 4.78 is 1.48. The summed E-state index contributed by atoms with van der Waals surface area (Å²) in [6.07, 6.45) is 4.41. The van der Waals surface area contributed by atoms with Crippen LogP contribution in [0.25, 0.3) is 11.7 Å². The Labute approximate surface area is 140 Å². The van der Waals surface area contributed by atoms with Crippen LogP contribution in [0.2, 0.25) is 0 Å². The maximum absolute atomic E-state index is 4.46. The lowest BCUT2D eigenvalue weighted by molar-refractivity contribution is 0.283. The van der Waals surface area contributed by atoms with Gasteiger partial charge in [-0.2, -0.15) is 0 Å². The van der Waals surface area contributed by atoms with Gasteiger partial charge in [-0.1, -0.05) is 42.5 Å². The fourth-order valence-corrected chi connectivity index (χ4v) is 2.87. The van der Waals surface area contributed by atoms with E-state index in [0.29, 0.717) is 5.65 Å². The van der Waals surface area contributed by atoms with Crippen LogP contribution >= 0.6 is 0 Å². The number of aromatic nitrogens is 5. The third-order valence-corrected chi connectivity index (χ3v) is 4.23. The first-order chi connectivity index (χ1) is 11.9. The van der Waals surface area contributed by atoms with Gasteiger partial charge in [0.2, 0.25) is 0 Å². The predicted molar refractivity (Wildman–Crippen MR) is 92.7 cm³/mol. The molecule has 7 heteroatoms. The van der Waals surface area contributed by atoms with Crippen molar-refractivity contribution in [3.05, 3.63) is 54.1 Å². The molecule has 0 bridgehead atoms. The molecule has 0 radical (unpaired) electrons. The van der Waals surface area contributed by atoms with Crippen molar-refractivity contribution >= 4 is 17.5 Å². The van der Waals surface area contributed by atoms with Gasteiger partial charge in [0.15, 0.2) is 11.5 Å². The van der Waals surface area contributed by atoms with Gasteiger partial charge >= 0.3 is 0 Å². The van der Waals surface area contributed by atoms with E-state index in [2.05, 4.69) is 66.8 Å². The molecule has 1 aliphatic heterocycles. The van der Waals surface area contributed by atoms with E-state index in [1.54, 1.807) is 0 Å². The average Bonchev–Trinajstić information content (AvgIpc) is 3.11. The van der Waals surface area contributed by atoms with Crippen molar-refractivity contribution in [3.8, 4) is 0 Å². The number of tetrazole rings is 1. The number of rotatable bonds is 4. The number of benzene rings is 1. The van der Waals surface area contributed by atoms with Gasteiger partial charge in [-0.25, -0.2) is 0 Å². The van der Waals surface area contributed by atoms with E-state index in [-0.39, 0.29) is 0 Å². The van der Waals surface area contributed by atoms with Crippen LogP contribution in [-0.2, 0) is 0 Å². The van der Waals surface area contributed by atoms with E-state index in [4.69, 9.17) is 0 Å². The summed E-state index contributed by atoms with van der Waals surface area (Å²) in [5.74, 6) is 0.925. The van der Waals surface area contributed by atoms with Crippen LogP contribution in [0, 0.1) is 0 Å². The normalized spacial score (nSPS) is 16.2. The Morgan fingerprint density at radius 3 is 2.62 bits per heavy atom. The molecule has 7 nitrogen and oxygen atoms in total. The van der Waals surface area contributed by atoms with Crippen LogP contribution in [0.5, 0.6) is 0 Å². The summed E-state index contributed by atoms with van der Waals surface area (Å²) in [4.78, 5) is 4.73. The lowest BCUT2D eigenvalue weighted by Gasteiger charge is -2.34. The first-order valence-electron chi connectivity index (χ1n) is 8.13. The smallest absolute Gasteiger partial charge is 0.200 e. The topological polar surface area (TPSA) is 62.5 Å². The van der Waals surface area contributed by atoms with Crippen molar-refractivity contribution < 1.29 is 0 Å². The van der Waals surface area contributed by atoms with Crippen molar-refractivity contribution in [2.45, 2.75) is 0 Å². The van der Waals surface area contributed by atoms with Crippen molar-refractivity contribution in [3.63, 3.8) is 0 Å². The molecule has 0 saturated carbocycles. The van der Waals surface area contributed by atoms with E-state index < -0.39 is 0 Å². The van der Waals surface area contributed by atoms with E-state index in [0.717, 1.165) is 38.5 Å². The molecule has 1 saturated heterocycles. The molecular formula is C17H19N7. The molecule has 1 aromatic carbocycles. The van der Waals surface area contributed by atoms with Crippen molar-refractivity contribution in [1.29, 1.82) is 0 Å². The minimum Gasteiger partial charge on any atom is -0.353 e. The average molecular weight is 321 g/mol. The largest absolute Gasteiger partial charge is 0.353 e. The van der Waals surface area contributed by atoms with Crippen molar-refractivity contribution in [2.24, 2.45) is 0 Å². The number of anilines is 1. The summed E-state index contributed by atoms with van der Waals surface area (Å²) in [7, 11) is 0. The molecule has 0 aliphatic carbocycles. The molecule has 122 valence electrons. The molecule has 0 amide bonds.